The average molecular weight is 203 g/mol. The maximum Gasteiger partial charge on any atom is 0.418 e. The molecule has 78 valence electrons. The lowest BCUT2D eigenvalue weighted by atomic mass is 10.3. The minimum absolute atomic E-state index is 1.21. The van der Waals surface area contributed by atoms with Gasteiger partial charge < -0.3 is 14.3 Å². The van der Waals surface area contributed by atoms with Crippen LogP contribution in [0.4, 0.5) is 0 Å². The fourth-order valence-electron chi connectivity index (χ4n) is 1.74. The highest BCUT2D eigenvalue weighted by molar-refractivity contribution is 6.62. The minimum atomic E-state index is -2.15. The summed E-state index contributed by atoms with van der Waals surface area (Å²) in [6.45, 7) is 1.77. The van der Waals surface area contributed by atoms with E-state index in [1.165, 1.54) is 18.3 Å². The Morgan fingerprint density at radius 2 is 1.62 bits per heavy atom. The van der Waals surface area contributed by atoms with E-state index in [2.05, 4.69) is 0 Å². The minimum Gasteiger partial charge on any atom is -0.386 e. The lowest BCUT2D eigenvalue weighted by Crippen LogP contribution is -2.47. The fraction of sp³-hybridized carbons (Fsp3) is 1.00. The molecule has 3 nitrogen and oxygen atoms in total. The molecule has 0 spiro atoms. The molecule has 0 radical (unpaired) electrons. The zero-order valence-corrected chi connectivity index (χ0v) is 9.88. The Morgan fingerprint density at radius 1 is 1.15 bits per heavy atom. The molecule has 0 saturated heterocycles. The molecule has 2 unspecified atom stereocenters. The van der Waals surface area contributed by atoms with Gasteiger partial charge in [-0.3, -0.25) is 0 Å². The molecule has 2 aliphatic rings. The first kappa shape index (κ1) is 11.2. The van der Waals surface area contributed by atoms with Crippen LogP contribution in [0.15, 0.2) is 0 Å². The maximum atomic E-state index is 5.41. The van der Waals surface area contributed by atoms with Crippen molar-refractivity contribution in [3.05, 3.63) is 0 Å². The van der Waals surface area contributed by atoms with Crippen molar-refractivity contribution < 1.29 is 8.85 Å². The van der Waals surface area contributed by atoms with Gasteiger partial charge in [0, 0.05) is 14.2 Å². The van der Waals surface area contributed by atoms with Crippen LogP contribution in [0.25, 0.3) is 0 Å². The van der Waals surface area contributed by atoms with Gasteiger partial charge in [0.2, 0.25) is 0 Å². The van der Waals surface area contributed by atoms with E-state index in [0.717, 1.165) is 0 Å². The molecule has 2 atom stereocenters. The second-order valence-corrected chi connectivity index (χ2v) is 6.96. The van der Waals surface area contributed by atoms with E-state index < -0.39 is 8.72 Å². The summed E-state index contributed by atoms with van der Waals surface area (Å²) in [5, 5.41) is 5.41. The topological polar surface area (TPSA) is 44.5 Å². The van der Waals surface area contributed by atoms with E-state index in [4.69, 9.17) is 14.3 Å². The molecule has 0 heterocycles. The van der Waals surface area contributed by atoms with Crippen LogP contribution in [0.3, 0.4) is 0 Å². The van der Waals surface area contributed by atoms with Gasteiger partial charge in [0.05, 0.1) is 0 Å². The van der Waals surface area contributed by atoms with E-state index in [1.54, 1.807) is 40.0 Å². The van der Waals surface area contributed by atoms with E-state index in [0.29, 0.717) is 0 Å². The number of hydrogen-bond acceptors (Lipinski definition) is 3. The highest BCUT2D eigenvalue weighted by Gasteiger charge is 2.40. The van der Waals surface area contributed by atoms with E-state index in [-0.39, 0.29) is 0 Å². The van der Waals surface area contributed by atoms with Gasteiger partial charge in [-0.25, -0.2) is 0 Å². The van der Waals surface area contributed by atoms with Crippen LogP contribution in [0.2, 0.25) is 6.55 Å². The first-order valence-corrected chi connectivity index (χ1v) is 7.37. The molecule has 0 aromatic rings. The third-order valence-corrected chi connectivity index (χ3v) is 4.65. The molecular weight excluding hydrogens is 182 g/mol. The summed E-state index contributed by atoms with van der Waals surface area (Å²) < 4.78 is 9.56. The second-order valence-electron chi connectivity index (χ2n) is 4.11. The zero-order chi connectivity index (χ0) is 9.90. The van der Waals surface area contributed by atoms with E-state index in [9.17, 15) is 0 Å². The number of rotatable bonds is 2. The van der Waals surface area contributed by atoms with Crippen LogP contribution in [0.5, 0.6) is 0 Å². The molecule has 2 fully saturated rings. The molecule has 2 saturated carbocycles. The van der Waals surface area contributed by atoms with E-state index in [1.807, 2.05) is 0 Å². The highest BCUT2D eigenvalue weighted by Crippen LogP contribution is 2.51. The molecule has 0 aromatic carbocycles. The van der Waals surface area contributed by atoms with Gasteiger partial charge in [-0.05, 0) is 24.8 Å². The quantitative estimate of drug-likeness (QED) is 0.694. The third-order valence-electron chi connectivity index (χ3n) is 3.03. The lowest BCUT2D eigenvalue weighted by Gasteiger charge is -2.14. The van der Waals surface area contributed by atoms with Gasteiger partial charge in [-0.1, -0.05) is 19.3 Å². The molecule has 0 amide bonds. The van der Waals surface area contributed by atoms with Crippen LogP contribution in [-0.4, -0.2) is 22.9 Å². The smallest absolute Gasteiger partial charge is 0.386 e. The summed E-state index contributed by atoms with van der Waals surface area (Å²) in [6.07, 6.45) is 6.24. The number of fused-ring (bicyclic) bond motifs is 1. The SMILES string of the molecule is C1CC2CC2C1.CO[Si](C)(N)OC. The Bertz CT molecular complexity index is 150. The Labute approximate surface area is 81.9 Å². The fourth-order valence-corrected chi connectivity index (χ4v) is 1.91. The largest absolute Gasteiger partial charge is 0.418 e. The van der Waals surface area contributed by atoms with Crippen LogP contribution < -0.4 is 5.40 Å². The molecule has 0 aromatic heterocycles. The number of hydrogen-bond donors (Lipinski definition) is 1. The second kappa shape index (κ2) is 4.55. The Balaban J connectivity index is 0.000000130. The molecule has 4 heteroatoms. The zero-order valence-electron chi connectivity index (χ0n) is 8.88. The maximum absolute atomic E-state index is 5.41. The summed E-state index contributed by atoms with van der Waals surface area (Å²) >= 11 is 0. The van der Waals surface area contributed by atoms with Crippen LogP contribution >= 0.6 is 0 Å². The van der Waals surface area contributed by atoms with Gasteiger partial charge in [0.1, 0.15) is 0 Å². The standard InChI is InChI=1S/C6H10.C3H11NO2Si/c1-2-5-4-6(5)3-1;1-5-7(3,4)6-2/h5-6H,1-4H2;4H2,1-3H3. The highest BCUT2D eigenvalue weighted by atomic mass is 28.4. The monoisotopic (exact) mass is 203 g/mol. The summed E-state index contributed by atoms with van der Waals surface area (Å²) in [6, 6.07) is 0. The predicted octanol–water partition coefficient (Wildman–Crippen LogP) is 1.61. The van der Waals surface area contributed by atoms with Gasteiger partial charge >= 0.3 is 8.72 Å². The van der Waals surface area contributed by atoms with Crippen molar-refractivity contribution in [2.45, 2.75) is 32.2 Å². The average Bonchev–Trinajstić information content (AvgIpc) is 2.75. The summed E-state index contributed by atoms with van der Waals surface area (Å²) in [5.41, 5.74) is 0. The molecule has 2 N–H and O–H groups in total. The van der Waals surface area contributed by atoms with Gasteiger partial charge in [-0.2, -0.15) is 0 Å². The van der Waals surface area contributed by atoms with Crippen molar-refractivity contribution >= 4 is 8.72 Å². The lowest BCUT2D eigenvalue weighted by molar-refractivity contribution is 0.251. The van der Waals surface area contributed by atoms with Gasteiger partial charge in [0.15, 0.2) is 0 Å². The Kier molecular flexibility index (Phi) is 3.91. The van der Waals surface area contributed by atoms with Crippen molar-refractivity contribution in [3.63, 3.8) is 0 Å². The van der Waals surface area contributed by atoms with Crippen molar-refractivity contribution in [1.29, 1.82) is 0 Å². The third kappa shape index (κ3) is 3.77. The summed E-state index contributed by atoms with van der Waals surface area (Å²) in [4.78, 5) is 0. The molecule has 13 heavy (non-hydrogen) atoms. The molecular formula is C9H21NO2Si. The van der Waals surface area contributed by atoms with Crippen molar-refractivity contribution in [2.24, 2.45) is 17.2 Å². The summed E-state index contributed by atoms with van der Waals surface area (Å²) in [7, 11) is 0.951. The van der Waals surface area contributed by atoms with Crippen molar-refractivity contribution in [3.8, 4) is 0 Å². The van der Waals surface area contributed by atoms with Gasteiger partial charge in [0.25, 0.3) is 0 Å². The first-order chi connectivity index (χ1) is 6.09. The molecule has 2 aliphatic carbocycles. The first-order valence-electron chi connectivity index (χ1n) is 4.98. The molecule has 0 bridgehead atoms. The predicted molar refractivity (Wildman–Crippen MR) is 55.3 cm³/mol. The van der Waals surface area contributed by atoms with Crippen LogP contribution in [0, 0.1) is 11.8 Å². The molecule has 2 rings (SSSR count). The Morgan fingerprint density at radius 3 is 1.69 bits per heavy atom. The van der Waals surface area contributed by atoms with E-state index >= 15 is 0 Å². The van der Waals surface area contributed by atoms with Crippen LogP contribution in [0.1, 0.15) is 25.7 Å². The number of nitrogens with two attached hydrogens (primary N) is 1. The van der Waals surface area contributed by atoms with Gasteiger partial charge in [-0.15, -0.1) is 0 Å². The normalized spacial score (nSPS) is 30.5. The van der Waals surface area contributed by atoms with Crippen molar-refractivity contribution in [1.82, 2.24) is 0 Å². The van der Waals surface area contributed by atoms with Crippen molar-refractivity contribution in [2.75, 3.05) is 14.2 Å². The van der Waals surface area contributed by atoms with Crippen LogP contribution in [-0.2, 0) is 8.85 Å². The Hall–Kier alpha value is 0.0969. The molecule has 0 aliphatic heterocycles. The summed E-state index contributed by atoms with van der Waals surface area (Å²) in [5.74, 6) is 2.43.